The topological polar surface area (TPSA) is 176 Å². The number of unbranched alkanes of at least 4 members (excludes halogenated alkanes) is 1. The van der Waals surface area contributed by atoms with Crippen LogP contribution in [0.1, 0.15) is 100.0 Å². The zero-order valence-electron chi connectivity index (χ0n) is 35.2. The second-order valence-corrected chi connectivity index (χ2v) is 16.1. The maximum Gasteiger partial charge on any atom is 0.264 e. The summed E-state index contributed by atoms with van der Waals surface area (Å²) in [6.07, 6.45) is 5.58. The summed E-state index contributed by atoms with van der Waals surface area (Å²) < 4.78 is 31.1. The molecule has 3 heterocycles. The molecular formula is C47H54FN5O9. The Morgan fingerprint density at radius 3 is 2.35 bits per heavy atom. The Morgan fingerprint density at radius 1 is 0.839 bits per heavy atom. The van der Waals surface area contributed by atoms with Crippen LogP contribution in [0, 0.1) is 5.82 Å². The minimum Gasteiger partial charge on any atom is -0.382 e. The number of amides is 4. The van der Waals surface area contributed by atoms with E-state index in [-0.39, 0.29) is 35.5 Å². The van der Waals surface area contributed by atoms with Crippen LogP contribution in [-0.2, 0) is 41.6 Å². The molecule has 14 nitrogen and oxygen atoms in total. The fourth-order valence-corrected chi connectivity index (χ4v) is 8.47. The van der Waals surface area contributed by atoms with Crippen LogP contribution in [0.4, 0.5) is 10.1 Å². The smallest absolute Gasteiger partial charge is 0.264 e. The molecule has 3 N–H and O–H groups in total. The molecule has 0 bridgehead atoms. The van der Waals surface area contributed by atoms with E-state index in [4.69, 9.17) is 14.2 Å². The van der Waals surface area contributed by atoms with Gasteiger partial charge in [0.15, 0.2) is 5.78 Å². The number of rotatable bonds is 23. The summed E-state index contributed by atoms with van der Waals surface area (Å²) in [5.41, 5.74) is 6.27. The molecule has 3 aromatic carbocycles. The molecule has 328 valence electrons. The van der Waals surface area contributed by atoms with Crippen molar-refractivity contribution in [1.82, 2.24) is 20.1 Å². The predicted molar refractivity (Wildman–Crippen MR) is 229 cm³/mol. The first-order valence-electron chi connectivity index (χ1n) is 21.6. The zero-order chi connectivity index (χ0) is 43.6. The number of benzene rings is 3. The Balaban J connectivity index is 0.691. The maximum absolute atomic E-state index is 14.3. The number of aryl methyl sites for hydroxylation is 1. The SMILES string of the molecule is CN(CCCCC(=O)CCCOCCOCCOCCNc1cccc2c1C(=O)N(C1CCC(=O)NC1=O)C2=O)Cc1ccc(-c2[nH]c3cc(F)cc4c3c2CCCC4=O)cc1. The number of hydrogen-bond donors (Lipinski definition) is 3. The molecule has 0 spiro atoms. The van der Waals surface area contributed by atoms with Crippen LogP contribution in [0.5, 0.6) is 0 Å². The molecule has 3 aliphatic rings. The number of piperidine rings is 1. The number of halogens is 1. The van der Waals surface area contributed by atoms with E-state index >= 15 is 0 Å². The molecule has 1 fully saturated rings. The molecule has 15 heteroatoms. The van der Waals surface area contributed by atoms with E-state index in [9.17, 15) is 33.2 Å². The molecular weight excluding hydrogens is 798 g/mol. The summed E-state index contributed by atoms with van der Waals surface area (Å²) in [4.78, 5) is 81.8. The number of nitrogens with zero attached hydrogens (tertiary/aromatic N) is 2. The molecule has 62 heavy (non-hydrogen) atoms. The second-order valence-electron chi connectivity index (χ2n) is 16.1. The van der Waals surface area contributed by atoms with Gasteiger partial charge < -0.3 is 29.4 Å². The number of aromatic amines is 1. The first kappa shape index (κ1) is 44.4. The Hall–Kier alpha value is -5.61. The van der Waals surface area contributed by atoms with E-state index in [1.54, 1.807) is 18.2 Å². The number of imide groups is 2. The van der Waals surface area contributed by atoms with Gasteiger partial charge in [0.2, 0.25) is 11.8 Å². The van der Waals surface area contributed by atoms with Gasteiger partial charge in [0.25, 0.3) is 11.8 Å². The maximum atomic E-state index is 14.3. The van der Waals surface area contributed by atoms with Gasteiger partial charge in [-0.3, -0.25) is 39.0 Å². The van der Waals surface area contributed by atoms with E-state index in [1.807, 2.05) is 0 Å². The van der Waals surface area contributed by atoms with Crippen molar-refractivity contribution in [1.29, 1.82) is 0 Å². The first-order chi connectivity index (χ1) is 30.1. The van der Waals surface area contributed by atoms with E-state index < -0.39 is 35.5 Å². The molecule has 4 amide bonds. The molecule has 0 radical (unpaired) electrons. The van der Waals surface area contributed by atoms with Gasteiger partial charge in [-0.2, -0.15) is 0 Å². The number of anilines is 1. The molecule has 4 aromatic rings. The van der Waals surface area contributed by atoms with Crippen molar-refractivity contribution in [3.63, 3.8) is 0 Å². The minimum atomic E-state index is -1.02. The van der Waals surface area contributed by atoms with Gasteiger partial charge in [-0.1, -0.05) is 30.3 Å². The van der Waals surface area contributed by atoms with E-state index in [2.05, 4.69) is 51.8 Å². The zero-order valence-corrected chi connectivity index (χ0v) is 35.2. The third-order valence-corrected chi connectivity index (χ3v) is 11.6. The van der Waals surface area contributed by atoms with Crippen molar-refractivity contribution in [2.24, 2.45) is 0 Å². The van der Waals surface area contributed by atoms with Crippen LogP contribution in [-0.4, -0.2) is 116 Å². The van der Waals surface area contributed by atoms with Gasteiger partial charge in [-0.15, -0.1) is 0 Å². The molecule has 1 atom stereocenters. The van der Waals surface area contributed by atoms with Crippen molar-refractivity contribution in [2.75, 3.05) is 65.1 Å². The van der Waals surface area contributed by atoms with Gasteiger partial charge in [0.05, 0.1) is 44.2 Å². The van der Waals surface area contributed by atoms with E-state index in [0.717, 1.165) is 65.9 Å². The molecule has 2 aliphatic heterocycles. The van der Waals surface area contributed by atoms with Crippen LogP contribution < -0.4 is 10.6 Å². The first-order valence-corrected chi connectivity index (χ1v) is 21.6. The lowest BCUT2D eigenvalue weighted by Crippen LogP contribution is -2.54. The van der Waals surface area contributed by atoms with Crippen molar-refractivity contribution in [3.8, 4) is 11.3 Å². The van der Waals surface area contributed by atoms with Crippen LogP contribution >= 0.6 is 0 Å². The lowest BCUT2D eigenvalue weighted by atomic mass is 9.99. The highest BCUT2D eigenvalue weighted by Gasteiger charge is 2.45. The van der Waals surface area contributed by atoms with Gasteiger partial charge in [0.1, 0.15) is 17.6 Å². The normalized spacial score (nSPS) is 16.3. The monoisotopic (exact) mass is 851 g/mol. The highest BCUT2D eigenvalue weighted by atomic mass is 19.1. The second kappa shape index (κ2) is 21.0. The average Bonchev–Trinajstić information content (AvgIpc) is 3.67. The average molecular weight is 852 g/mol. The largest absolute Gasteiger partial charge is 0.382 e. The Morgan fingerprint density at radius 2 is 1.58 bits per heavy atom. The summed E-state index contributed by atoms with van der Waals surface area (Å²) in [5.74, 6) is -2.35. The lowest BCUT2D eigenvalue weighted by Gasteiger charge is -2.27. The van der Waals surface area contributed by atoms with Crippen LogP contribution in [0.15, 0.2) is 54.6 Å². The fraction of sp³-hybridized carbons (Fsp3) is 0.447. The van der Waals surface area contributed by atoms with Crippen LogP contribution in [0.2, 0.25) is 0 Å². The number of fused-ring (bicyclic) bond motifs is 1. The number of aromatic nitrogens is 1. The molecule has 7 rings (SSSR count). The third-order valence-electron chi connectivity index (χ3n) is 11.6. The number of H-pyrrole nitrogens is 1. The van der Waals surface area contributed by atoms with Crippen molar-refractivity contribution >= 4 is 51.8 Å². The van der Waals surface area contributed by atoms with Gasteiger partial charge in [0, 0.05) is 73.2 Å². The lowest BCUT2D eigenvalue weighted by molar-refractivity contribution is -0.136. The quantitative estimate of drug-likeness (QED) is 0.0589. The third kappa shape index (κ3) is 10.7. The number of Topliss-reactive ketones (excluding diaryl/α,β-unsaturated/α-hetero) is 2. The number of ketones is 2. The Bertz CT molecular complexity index is 2310. The standard InChI is InChI=1S/C47H54FN5O9/c1-52(29-30-13-15-31(16-14-30)44-34-9-5-12-40(55)36-27-32(48)28-38(50-44)42(34)36)20-3-2-7-33(54)8-6-21-60-23-25-62-26-24-61-22-19-49-37-11-4-10-35-43(37)47(59)53(46(35)58)39-17-18-41(56)51-45(39)57/h4,10-11,13-16,27-28,39,49-50H,2-3,5-9,12,17-26,29H2,1H3,(H,51,56,57). The van der Waals surface area contributed by atoms with Gasteiger partial charge in [-0.05, 0) is 93.1 Å². The molecule has 0 saturated carbocycles. The number of carbonyl (C=O) groups excluding carboxylic acids is 6. The number of ether oxygens (including phenoxy) is 3. The number of nitrogens with one attached hydrogen (secondary N) is 3. The predicted octanol–water partition coefficient (Wildman–Crippen LogP) is 6.01. The highest BCUT2D eigenvalue weighted by molar-refractivity contribution is 6.25. The van der Waals surface area contributed by atoms with Crippen LogP contribution in [0.3, 0.4) is 0 Å². The van der Waals surface area contributed by atoms with Crippen molar-refractivity contribution in [2.45, 2.75) is 76.8 Å². The Kier molecular flexibility index (Phi) is 15.0. The summed E-state index contributed by atoms with van der Waals surface area (Å²) in [6.45, 7) is 4.41. The van der Waals surface area contributed by atoms with E-state index in [0.29, 0.717) is 88.6 Å². The van der Waals surface area contributed by atoms with Crippen LogP contribution in [0.25, 0.3) is 22.2 Å². The van der Waals surface area contributed by atoms with Gasteiger partial charge in [-0.25, -0.2) is 4.39 Å². The number of hydrogen-bond acceptors (Lipinski definition) is 11. The molecule has 1 aromatic heterocycles. The molecule has 1 saturated heterocycles. The van der Waals surface area contributed by atoms with Gasteiger partial charge >= 0.3 is 0 Å². The van der Waals surface area contributed by atoms with E-state index in [1.165, 1.54) is 17.7 Å². The fourth-order valence-electron chi connectivity index (χ4n) is 8.47. The highest BCUT2D eigenvalue weighted by Crippen LogP contribution is 2.37. The summed E-state index contributed by atoms with van der Waals surface area (Å²) in [6, 6.07) is 15.1. The molecule has 1 unspecified atom stereocenters. The summed E-state index contributed by atoms with van der Waals surface area (Å²) in [5, 5.41) is 6.19. The minimum absolute atomic E-state index is 0.00242. The Labute approximate surface area is 359 Å². The number of carbonyl (C=O) groups is 6. The molecule has 1 aliphatic carbocycles. The summed E-state index contributed by atoms with van der Waals surface area (Å²) in [7, 11) is 2.08. The van der Waals surface area contributed by atoms with Crippen molar-refractivity contribution < 1.29 is 47.4 Å². The summed E-state index contributed by atoms with van der Waals surface area (Å²) >= 11 is 0. The van der Waals surface area contributed by atoms with Crippen molar-refractivity contribution in [3.05, 3.63) is 88.2 Å².